The van der Waals surface area contributed by atoms with Crippen LogP contribution in [0, 0.1) is 0 Å². The van der Waals surface area contributed by atoms with E-state index in [0.717, 1.165) is 48.4 Å². The highest BCUT2D eigenvalue weighted by Gasteiger charge is 2.27. The van der Waals surface area contributed by atoms with Gasteiger partial charge in [0.05, 0.1) is 25.0 Å². The van der Waals surface area contributed by atoms with Crippen molar-refractivity contribution in [2.45, 2.75) is 57.7 Å². The lowest BCUT2D eigenvalue weighted by molar-refractivity contribution is -0.113. The van der Waals surface area contributed by atoms with E-state index in [1.807, 2.05) is 35.8 Å². The minimum absolute atomic E-state index is 0.172. The molecule has 0 atom stereocenters. The number of thioether (sulfide) groups is 1. The van der Waals surface area contributed by atoms with Crippen molar-refractivity contribution in [3.63, 3.8) is 0 Å². The molecule has 8 nitrogen and oxygen atoms in total. The molecular formula is C25H30N4O4S2. The smallest absolute Gasteiger partial charge is 0.341 e. The molecule has 1 aliphatic rings. The Morgan fingerprint density at radius 3 is 2.63 bits per heavy atom. The van der Waals surface area contributed by atoms with E-state index in [1.165, 1.54) is 28.0 Å². The predicted octanol–water partition coefficient (Wildman–Crippen LogP) is 4.75. The fraction of sp³-hybridized carbons (Fsp3) is 0.440. The molecule has 10 heteroatoms. The summed E-state index contributed by atoms with van der Waals surface area (Å²) in [6.45, 7) is 4.83. The Morgan fingerprint density at radius 1 is 1.14 bits per heavy atom. The Bertz CT molecular complexity index is 1190. The zero-order chi connectivity index (χ0) is 24.8. The molecule has 35 heavy (non-hydrogen) atoms. The molecule has 0 unspecified atom stereocenters. The summed E-state index contributed by atoms with van der Waals surface area (Å²) in [5.41, 5.74) is 2.68. The van der Waals surface area contributed by atoms with E-state index in [-0.39, 0.29) is 17.6 Å². The van der Waals surface area contributed by atoms with Crippen molar-refractivity contribution in [3.05, 3.63) is 51.7 Å². The van der Waals surface area contributed by atoms with Crippen LogP contribution in [0.4, 0.5) is 5.00 Å². The highest BCUT2D eigenvalue weighted by Crippen LogP contribution is 2.38. The fourth-order valence-electron chi connectivity index (χ4n) is 4.17. The largest absolute Gasteiger partial charge is 0.497 e. The maximum Gasteiger partial charge on any atom is 0.341 e. The molecule has 0 spiro atoms. The predicted molar refractivity (Wildman–Crippen MR) is 138 cm³/mol. The van der Waals surface area contributed by atoms with Gasteiger partial charge in [0.1, 0.15) is 16.6 Å². The number of nitrogens with one attached hydrogen (secondary N) is 1. The van der Waals surface area contributed by atoms with Crippen LogP contribution < -0.4 is 10.1 Å². The third-order valence-electron chi connectivity index (χ3n) is 5.87. The highest BCUT2D eigenvalue weighted by molar-refractivity contribution is 7.99. The third-order valence-corrected chi connectivity index (χ3v) is 8.04. The molecule has 0 saturated heterocycles. The van der Waals surface area contributed by atoms with Gasteiger partial charge < -0.3 is 19.4 Å². The van der Waals surface area contributed by atoms with E-state index >= 15 is 0 Å². The number of hydrogen-bond acceptors (Lipinski definition) is 8. The Morgan fingerprint density at radius 2 is 1.91 bits per heavy atom. The van der Waals surface area contributed by atoms with Crippen LogP contribution in [-0.4, -0.2) is 46.1 Å². The van der Waals surface area contributed by atoms with Crippen LogP contribution in [0.25, 0.3) is 0 Å². The number of thiophene rings is 1. The van der Waals surface area contributed by atoms with E-state index in [0.29, 0.717) is 35.3 Å². The van der Waals surface area contributed by atoms with E-state index < -0.39 is 0 Å². The zero-order valence-corrected chi connectivity index (χ0v) is 21.9. The summed E-state index contributed by atoms with van der Waals surface area (Å²) in [6, 6.07) is 7.87. The first-order valence-electron chi connectivity index (χ1n) is 11.8. The van der Waals surface area contributed by atoms with E-state index in [9.17, 15) is 9.59 Å². The summed E-state index contributed by atoms with van der Waals surface area (Å²) in [5, 5.41) is 12.9. The molecule has 1 aromatic carbocycles. The second-order valence-corrected chi connectivity index (χ2v) is 10.2. The average molecular weight is 515 g/mol. The van der Waals surface area contributed by atoms with Gasteiger partial charge in [-0.25, -0.2) is 4.79 Å². The summed E-state index contributed by atoms with van der Waals surface area (Å²) in [6.07, 6.45) is 4.57. The number of carbonyl (C=O) groups is 2. The Balaban J connectivity index is 1.43. The van der Waals surface area contributed by atoms with Gasteiger partial charge in [-0.2, -0.15) is 0 Å². The molecule has 0 fully saturated rings. The van der Waals surface area contributed by atoms with Crippen molar-refractivity contribution >= 4 is 40.0 Å². The van der Waals surface area contributed by atoms with Crippen LogP contribution in [-0.2, 0) is 35.3 Å². The molecule has 0 saturated carbocycles. The third kappa shape index (κ3) is 5.87. The second kappa shape index (κ2) is 11.7. The Labute approximate surface area is 213 Å². The molecule has 0 bridgehead atoms. The van der Waals surface area contributed by atoms with E-state index in [4.69, 9.17) is 9.47 Å². The van der Waals surface area contributed by atoms with Gasteiger partial charge in [-0.15, -0.1) is 21.5 Å². The van der Waals surface area contributed by atoms with Gasteiger partial charge in [-0.3, -0.25) is 4.79 Å². The highest BCUT2D eigenvalue weighted by atomic mass is 32.2. The number of aryl methyl sites for hydroxylation is 1. The minimum atomic E-state index is -0.358. The number of esters is 1. The number of benzene rings is 1. The lowest BCUT2D eigenvalue weighted by Gasteiger charge is -2.12. The van der Waals surface area contributed by atoms with Gasteiger partial charge in [0.15, 0.2) is 5.16 Å². The van der Waals surface area contributed by atoms with Gasteiger partial charge in [-0.1, -0.05) is 23.9 Å². The van der Waals surface area contributed by atoms with Crippen LogP contribution >= 0.6 is 23.1 Å². The zero-order valence-electron chi connectivity index (χ0n) is 20.3. The van der Waals surface area contributed by atoms with Crippen molar-refractivity contribution in [2.75, 3.05) is 24.8 Å². The standard InChI is InChI=1S/C25H30N4O4S2/c1-4-29-20(14-16-10-12-17(32-3)13-11-16)27-28-25(29)34-15-21(30)26-23-22(24(31)33-5-2)18-8-6-7-9-19(18)35-23/h10-13H,4-9,14-15H2,1-3H3,(H,26,30). The number of amides is 1. The quantitative estimate of drug-likeness (QED) is 0.308. The number of hydrogen-bond donors (Lipinski definition) is 1. The maximum absolute atomic E-state index is 12.8. The summed E-state index contributed by atoms with van der Waals surface area (Å²) in [5.74, 6) is 1.29. The van der Waals surface area contributed by atoms with Gasteiger partial charge in [0, 0.05) is 17.8 Å². The molecule has 1 N–H and O–H groups in total. The maximum atomic E-state index is 12.8. The Kier molecular flexibility index (Phi) is 8.46. The minimum Gasteiger partial charge on any atom is -0.497 e. The molecule has 0 aliphatic heterocycles. The van der Waals surface area contributed by atoms with Crippen molar-refractivity contribution in [1.82, 2.24) is 14.8 Å². The normalized spacial score (nSPS) is 12.8. The number of anilines is 1. The molecule has 2 heterocycles. The molecule has 1 amide bonds. The summed E-state index contributed by atoms with van der Waals surface area (Å²) >= 11 is 2.84. The lowest BCUT2D eigenvalue weighted by Crippen LogP contribution is -2.17. The molecule has 4 rings (SSSR count). The van der Waals surface area contributed by atoms with Crippen LogP contribution in [0.5, 0.6) is 5.75 Å². The van der Waals surface area contributed by atoms with Crippen molar-refractivity contribution in [3.8, 4) is 5.75 Å². The van der Waals surface area contributed by atoms with E-state index in [2.05, 4.69) is 15.5 Å². The van der Waals surface area contributed by atoms with Gasteiger partial charge in [0.25, 0.3) is 0 Å². The molecule has 1 aliphatic carbocycles. The number of ether oxygens (including phenoxy) is 2. The topological polar surface area (TPSA) is 95.3 Å². The Hall–Kier alpha value is -2.85. The van der Waals surface area contributed by atoms with E-state index in [1.54, 1.807) is 14.0 Å². The number of fused-ring (bicyclic) bond motifs is 1. The summed E-state index contributed by atoms with van der Waals surface area (Å²) in [4.78, 5) is 26.7. The number of rotatable bonds is 10. The second-order valence-electron chi connectivity index (χ2n) is 8.14. The first-order valence-corrected chi connectivity index (χ1v) is 13.6. The molecule has 0 radical (unpaired) electrons. The summed E-state index contributed by atoms with van der Waals surface area (Å²) < 4.78 is 12.5. The van der Waals surface area contributed by atoms with Crippen LogP contribution in [0.3, 0.4) is 0 Å². The molecule has 2 aromatic heterocycles. The van der Waals surface area contributed by atoms with Crippen LogP contribution in [0.15, 0.2) is 29.4 Å². The van der Waals surface area contributed by atoms with Gasteiger partial charge >= 0.3 is 5.97 Å². The molecular weight excluding hydrogens is 484 g/mol. The lowest BCUT2D eigenvalue weighted by atomic mass is 9.95. The van der Waals surface area contributed by atoms with Gasteiger partial charge in [-0.05, 0) is 62.8 Å². The number of methoxy groups -OCH3 is 1. The van der Waals surface area contributed by atoms with Crippen LogP contribution in [0.1, 0.15) is 58.9 Å². The van der Waals surface area contributed by atoms with Crippen molar-refractivity contribution < 1.29 is 19.1 Å². The fourth-order valence-corrected chi connectivity index (χ4v) is 6.28. The first-order chi connectivity index (χ1) is 17.0. The average Bonchev–Trinajstić information content (AvgIpc) is 3.43. The van der Waals surface area contributed by atoms with Crippen molar-refractivity contribution in [1.29, 1.82) is 0 Å². The number of nitrogens with zero attached hydrogens (tertiary/aromatic N) is 3. The molecule has 186 valence electrons. The monoisotopic (exact) mass is 514 g/mol. The van der Waals surface area contributed by atoms with Gasteiger partial charge in [0.2, 0.25) is 5.91 Å². The van der Waals surface area contributed by atoms with Crippen molar-refractivity contribution in [2.24, 2.45) is 0 Å². The van der Waals surface area contributed by atoms with Crippen LogP contribution in [0.2, 0.25) is 0 Å². The summed E-state index contributed by atoms with van der Waals surface area (Å²) in [7, 11) is 1.65. The first kappa shape index (κ1) is 25.2. The number of carbonyl (C=O) groups excluding carboxylic acids is 2. The SMILES string of the molecule is CCOC(=O)c1c(NC(=O)CSc2nnc(Cc3ccc(OC)cc3)n2CC)sc2c1CCCC2. The number of aromatic nitrogens is 3. The molecule has 3 aromatic rings.